The lowest BCUT2D eigenvalue weighted by atomic mass is 9.62. The second kappa shape index (κ2) is 10.1. The highest BCUT2D eigenvalue weighted by atomic mass is 16.2. The van der Waals surface area contributed by atoms with Crippen LogP contribution in [-0.4, -0.2) is 37.0 Å². The van der Waals surface area contributed by atoms with Crippen LogP contribution in [0.2, 0.25) is 0 Å². The first-order valence-electron chi connectivity index (χ1n) is 14.5. The number of hydrogen-bond donors (Lipinski definition) is 2. The lowest BCUT2D eigenvalue weighted by Crippen LogP contribution is -2.42. The van der Waals surface area contributed by atoms with E-state index < -0.39 is 11.3 Å². The van der Waals surface area contributed by atoms with Crippen molar-refractivity contribution >= 4 is 11.8 Å². The molecule has 0 saturated carbocycles. The van der Waals surface area contributed by atoms with E-state index in [4.69, 9.17) is 0 Å². The maximum absolute atomic E-state index is 13.4. The van der Waals surface area contributed by atoms with E-state index in [1.807, 2.05) is 42.5 Å². The summed E-state index contributed by atoms with van der Waals surface area (Å²) in [4.78, 5) is 26.2. The van der Waals surface area contributed by atoms with Crippen molar-refractivity contribution in [2.45, 2.75) is 51.0 Å². The van der Waals surface area contributed by atoms with E-state index in [0.717, 1.165) is 54.5 Å². The van der Waals surface area contributed by atoms with E-state index in [2.05, 4.69) is 79.9 Å². The molecule has 2 aliphatic heterocycles. The standard InChI is InChI=1S/C33H32N6O2/c1-2-3-8-23-16-18-29-26(33-20-7-6-11-27(33)31(40)34-32(33)41)17-19-28(39(23)29)22-14-12-21(13-15-22)24-9-4-5-10-25(24)30-35-37-38-36-30/h4-7,9-16,18,20,26-28H,2-3,8,17,19H2,1H3,(H,34,40,41)(H,35,36,37,38). The number of fused-ring (bicyclic) bond motifs is 2. The normalized spacial score (nSPS) is 24.8. The maximum Gasteiger partial charge on any atom is 0.238 e. The molecule has 8 heteroatoms. The zero-order valence-corrected chi connectivity index (χ0v) is 23.0. The zero-order chi connectivity index (χ0) is 28.0. The third-order valence-corrected chi connectivity index (χ3v) is 9.13. The van der Waals surface area contributed by atoms with Crippen LogP contribution in [0.5, 0.6) is 0 Å². The minimum Gasteiger partial charge on any atom is -0.341 e. The monoisotopic (exact) mass is 544 g/mol. The Morgan fingerprint density at radius 3 is 2.59 bits per heavy atom. The minimum absolute atomic E-state index is 0.0760. The molecule has 0 bridgehead atoms. The highest BCUT2D eigenvalue weighted by Gasteiger charge is 2.59. The molecule has 7 rings (SSSR count). The number of tetrazole rings is 1. The lowest BCUT2D eigenvalue weighted by Gasteiger charge is -2.42. The van der Waals surface area contributed by atoms with Crippen LogP contribution in [-0.2, 0) is 16.0 Å². The Hall–Kier alpha value is -4.59. The first-order chi connectivity index (χ1) is 20.1. The molecule has 2 amide bonds. The molecular weight excluding hydrogens is 512 g/mol. The Balaban J connectivity index is 1.27. The second-order valence-corrected chi connectivity index (χ2v) is 11.2. The average Bonchev–Trinajstić information content (AvgIpc) is 3.75. The molecule has 0 spiro atoms. The first kappa shape index (κ1) is 25.4. The Kier molecular flexibility index (Phi) is 6.26. The van der Waals surface area contributed by atoms with E-state index in [1.54, 1.807) is 0 Å². The number of unbranched alkanes of at least 4 members (excludes halogenated alkanes) is 1. The first-order valence-corrected chi connectivity index (χ1v) is 14.5. The number of imide groups is 1. The van der Waals surface area contributed by atoms with Crippen molar-refractivity contribution in [1.82, 2.24) is 30.5 Å². The Labute approximate surface area is 238 Å². The van der Waals surface area contributed by atoms with Crippen molar-refractivity contribution in [2.75, 3.05) is 0 Å². The van der Waals surface area contributed by atoms with Crippen LogP contribution in [0.15, 0.2) is 85.0 Å². The summed E-state index contributed by atoms with van der Waals surface area (Å²) in [7, 11) is 0. The van der Waals surface area contributed by atoms with E-state index in [1.165, 1.54) is 11.3 Å². The highest BCUT2D eigenvalue weighted by Crippen LogP contribution is 2.55. The largest absolute Gasteiger partial charge is 0.341 e. The fourth-order valence-electron chi connectivity index (χ4n) is 7.19. The molecule has 4 heterocycles. The molecule has 2 aromatic heterocycles. The summed E-state index contributed by atoms with van der Waals surface area (Å²) in [6.45, 7) is 2.21. The molecule has 1 aliphatic carbocycles. The van der Waals surface area contributed by atoms with Gasteiger partial charge in [0.25, 0.3) is 0 Å². The molecule has 3 aliphatic rings. The number of H-pyrrole nitrogens is 1. The zero-order valence-electron chi connectivity index (χ0n) is 23.0. The summed E-state index contributed by atoms with van der Waals surface area (Å²) in [6.07, 6.45) is 12.6. The van der Waals surface area contributed by atoms with E-state index in [9.17, 15) is 9.59 Å². The van der Waals surface area contributed by atoms with Gasteiger partial charge < -0.3 is 4.57 Å². The van der Waals surface area contributed by atoms with Crippen LogP contribution in [0.25, 0.3) is 22.5 Å². The van der Waals surface area contributed by atoms with Crippen molar-refractivity contribution < 1.29 is 9.59 Å². The average molecular weight is 545 g/mol. The van der Waals surface area contributed by atoms with Crippen LogP contribution in [0.3, 0.4) is 0 Å². The van der Waals surface area contributed by atoms with Crippen molar-refractivity contribution in [3.8, 4) is 22.5 Å². The fourth-order valence-corrected chi connectivity index (χ4v) is 7.19. The Morgan fingerprint density at radius 2 is 1.80 bits per heavy atom. The number of carbonyl (C=O) groups is 2. The van der Waals surface area contributed by atoms with Crippen LogP contribution in [0.4, 0.5) is 0 Å². The topological polar surface area (TPSA) is 106 Å². The molecule has 4 unspecified atom stereocenters. The van der Waals surface area contributed by atoms with Crippen molar-refractivity contribution in [3.05, 3.63) is 102 Å². The molecular formula is C33H32N6O2. The number of rotatable bonds is 7. The van der Waals surface area contributed by atoms with Gasteiger partial charge in [-0.05, 0) is 59.7 Å². The van der Waals surface area contributed by atoms with Crippen molar-refractivity contribution in [2.24, 2.45) is 11.3 Å². The summed E-state index contributed by atoms with van der Waals surface area (Å²) in [5.74, 6) is -0.350. The molecule has 4 atom stereocenters. The SMILES string of the molecule is CCCCc1ccc2n1C(c1ccc(-c3ccccc3-c3nn[nH]n3)cc1)CCC2C12C=CC=CC1C(=O)NC2=O. The predicted molar refractivity (Wildman–Crippen MR) is 156 cm³/mol. The van der Waals surface area contributed by atoms with Gasteiger partial charge in [0.1, 0.15) is 0 Å². The molecule has 41 heavy (non-hydrogen) atoms. The van der Waals surface area contributed by atoms with Gasteiger partial charge in [0.05, 0.1) is 17.4 Å². The number of carbonyl (C=O) groups excluding carboxylic acids is 2. The summed E-state index contributed by atoms with van der Waals surface area (Å²) in [6, 6.07) is 21.4. The van der Waals surface area contributed by atoms with Crippen LogP contribution >= 0.6 is 0 Å². The number of hydrogen-bond acceptors (Lipinski definition) is 5. The Morgan fingerprint density at radius 1 is 0.976 bits per heavy atom. The quantitative estimate of drug-likeness (QED) is 0.298. The summed E-state index contributed by atoms with van der Waals surface area (Å²) >= 11 is 0. The number of amides is 2. The van der Waals surface area contributed by atoms with Gasteiger partial charge in [-0.3, -0.25) is 14.9 Å². The number of aryl methyl sites for hydroxylation is 1. The smallest absolute Gasteiger partial charge is 0.238 e. The molecule has 2 N–H and O–H groups in total. The van der Waals surface area contributed by atoms with Gasteiger partial charge in [-0.1, -0.05) is 86.2 Å². The van der Waals surface area contributed by atoms with Crippen molar-refractivity contribution in [3.63, 3.8) is 0 Å². The summed E-state index contributed by atoms with van der Waals surface area (Å²) < 4.78 is 2.47. The van der Waals surface area contributed by atoms with Crippen LogP contribution in [0.1, 0.15) is 61.5 Å². The highest BCUT2D eigenvalue weighted by molar-refractivity contribution is 6.10. The number of nitrogens with zero attached hydrogens (tertiary/aromatic N) is 4. The van der Waals surface area contributed by atoms with Gasteiger partial charge in [0.2, 0.25) is 17.6 Å². The van der Waals surface area contributed by atoms with E-state index in [0.29, 0.717) is 5.82 Å². The Bertz CT molecular complexity index is 1670. The molecule has 8 nitrogen and oxygen atoms in total. The van der Waals surface area contributed by atoms with Gasteiger partial charge in [0, 0.05) is 22.9 Å². The van der Waals surface area contributed by atoms with E-state index in [-0.39, 0.29) is 23.8 Å². The lowest BCUT2D eigenvalue weighted by molar-refractivity contribution is -0.128. The van der Waals surface area contributed by atoms with Gasteiger partial charge in [0.15, 0.2) is 0 Å². The van der Waals surface area contributed by atoms with Crippen LogP contribution < -0.4 is 5.32 Å². The molecule has 206 valence electrons. The molecule has 4 aromatic rings. The molecule has 1 saturated heterocycles. The van der Waals surface area contributed by atoms with Gasteiger partial charge in [-0.15, -0.1) is 10.2 Å². The molecule has 0 radical (unpaired) electrons. The predicted octanol–water partition coefficient (Wildman–Crippen LogP) is 5.53. The molecule has 1 fully saturated rings. The maximum atomic E-state index is 13.4. The molecule has 2 aromatic carbocycles. The number of aromatic amines is 1. The third-order valence-electron chi connectivity index (χ3n) is 9.13. The summed E-state index contributed by atoms with van der Waals surface area (Å²) in [5, 5.41) is 17.3. The van der Waals surface area contributed by atoms with Crippen molar-refractivity contribution in [1.29, 1.82) is 0 Å². The van der Waals surface area contributed by atoms with Gasteiger partial charge >= 0.3 is 0 Å². The second-order valence-electron chi connectivity index (χ2n) is 11.2. The number of allylic oxidation sites excluding steroid dienone is 2. The van der Waals surface area contributed by atoms with Gasteiger partial charge in [-0.2, -0.15) is 5.21 Å². The summed E-state index contributed by atoms with van der Waals surface area (Å²) in [5.41, 5.74) is 5.86. The number of aromatic nitrogens is 5. The number of nitrogens with one attached hydrogen (secondary N) is 2. The van der Waals surface area contributed by atoms with E-state index >= 15 is 0 Å². The van der Waals surface area contributed by atoms with Gasteiger partial charge in [-0.25, -0.2) is 0 Å². The minimum atomic E-state index is -0.877. The third kappa shape index (κ3) is 4.00. The number of benzene rings is 2. The fraction of sp³-hybridized carbons (Fsp3) is 0.303. The van der Waals surface area contributed by atoms with Crippen LogP contribution in [0, 0.1) is 11.3 Å².